The van der Waals surface area contributed by atoms with E-state index in [1.54, 1.807) is 36.7 Å². The summed E-state index contributed by atoms with van der Waals surface area (Å²) in [7, 11) is 0. The number of hydrogen-bond donors (Lipinski definition) is 1. The fraction of sp³-hybridized carbons (Fsp3) is 0. The number of rotatable bonds is 3. The average molecular weight is 333 g/mol. The number of fused-ring (bicyclic) bond motifs is 1. The molecule has 0 bridgehead atoms. The largest absolute Gasteiger partial charge is 0.508 e. The third-order valence-electron chi connectivity index (χ3n) is 3.84. The van der Waals surface area contributed by atoms with Crippen molar-refractivity contribution in [2.45, 2.75) is 0 Å². The van der Waals surface area contributed by atoms with E-state index < -0.39 is 0 Å². The highest BCUT2D eigenvalue weighted by Crippen LogP contribution is 2.25. The summed E-state index contributed by atoms with van der Waals surface area (Å²) < 4.78 is 12.1. The number of aromatic nitrogens is 3. The lowest BCUT2D eigenvalue weighted by Crippen LogP contribution is -1.92. The summed E-state index contributed by atoms with van der Waals surface area (Å²) in [6.07, 6.45) is 3.39. The van der Waals surface area contributed by atoms with Crippen LogP contribution in [0.1, 0.15) is 0 Å². The summed E-state index contributed by atoms with van der Waals surface area (Å²) in [4.78, 5) is 16.9. The van der Waals surface area contributed by atoms with E-state index in [0.29, 0.717) is 16.9 Å². The Morgan fingerprint density at radius 2 is 1.48 bits per heavy atom. The van der Waals surface area contributed by atoms with Crippen molar-refractivity contribution in [1.82, 2.24) is 15.0 Å². The van der Waals surface area contributed by atoms with Crippen LogP contribution in [0.5, 0.6) is 11.5 Å². The topological polar surface area (TPSA) is 68.1 Å². The molecule has 0 radical (unpaired) electrons. The third-order valence-corrected chi connectivity index (χ3v) is 3.84. The molecular weight excluding hydrogens is 321 g/mol. The van der Waals surface area contributed by atoms with Gasteiger partial charge in [0.05, 0.1) is 11.7 Å². The molecule has 4 rings (SSSR count). The van der Waals surface area contributed by atoms with Crippen molar-refractivity contribution in [3.05, 3.63) is 67.0 Å². The second-order valence-electron chi connectivity index (χ2n) is 5.47. The Morgan fingerprint density at radius 1 is 0.760 bits per heavy atom. The SMILES string of the molecule is Oc1ccc(-c2cnc3cnc(-c4ccc(OF)cc4)nc3c2)cc1. The first-order valence-corrected chi connectivity index (χ1v) is 7.54. The fourth-order valence-corrected chi connectivity index (χ4v) is 2.52. The minimum Gasteiger partial charge on any atom is -0.508 e. The molecule has 4 aromatic rings. The molecule has 0 saturated carbocycles. The Balaban J connectivity index is 1.76. The van der Waals surface area contributed by atoms with Gasteiger partial charge in [0, 0.05) is 21.8 Å². The lowest BCUT2D eigenvalue weighted by Gasteiger charge is -2.05. The molecule has 0 aliphatic rings. The number of phenolic OH excluding ortho intramolecular Hbond substituents is 1. The molecule has 0 amide bonds. The first kappa shape index (κ1) is 15.0. The van der Waals surface area contributed by atoms with Gasteiger partial charge in [0.15, 0.2) is 11.6 Å². The molecule has 2 aromatic carbocycles. The first-order valence-electron chi connectivity index (χ1n) is 7.54. The molecule has 0 spiro atoms. The minimum absolute atomic E-state index is 0.126. The second kappa shape index (κ2) is 6.16. The van der Waals surface area contributed by atoms with E-state index in [1.807, 2.05) is 18.2 Å². The maximum Gasteiger partial charge on any atom is 0.171 e. The number of aromatic hydroxyl groups is 1. The Bertz CT molecular complexity index is 1030. The molecule has 0 fully saturated rings. The van der Waals surface area contributed by atoms with Crippen molar-refractivity contribution >= 4 is 11.0 Å². The predicted octanol–water partition coefficient (Wildman–Crippen LogP) is 4.33. The van der Waals surface area contributed by atoms with Gasteiger partial charge in [0.1, 0.15) is 11.3 Å². The summed E-state index contributed by atoms with van der Waals surface area (Å²) in [5, 5.41) is 9.41. The van der Waals surface area contributed by atoms with Crippen LogP contribution in [0, 0.1) is 0 Å². The van der Waals surface area contributed by atoms with Gasteiger partial charge in [-0.15, -0.1) is 0 Å². The third kappa shape index (κ3) is 2.97. The molecule has 1 N–H and O–H groups in total. The molecule has 6 heteroatoms. The zero-order valence-electron chi connectivity index (χ0n) is 12.9. The van der Waals surface area contributed by atoms with E-state index in [9.17, 15) is 9.63 Å². The normalized spacial score (nSPS) is 10.8. The van der Waals surface area contributed by atoms with Gasteiger partial charge in [0.25, 0.3) is 0 Å². The van der Waals surface area contributed by atoms with Crippen LogP contribution in [0.25, 0.3) is 33.5 Å². The zero-order valence-corrected chi connectivity index (χ0v) is 12.9. The van der Waals surface area contributed by atoms with Crippen molar-refractivity contribution in [1.29, 1.82) is 0 Å². The van der Waals surface area contributed by atoms with Crippen LogP contribution in [-0.2, 0) is 0 Å². The minimum atomic E-state index is 0.126. The predicted molar refractivity (Wildman–Crippen MR) is 91.6 cm³/mol. The molecule has 2 aromatic heterocycles. The standard InChI is InChI=1S/C19H12FN3O2/c20-25-16-7-3-13(4-8-16)19-22-11-18-17(23-19)9-14(10-21-18)12-1-5-15(24)6-2-12/h1-11,24H. The summed E-state index contributed by atoms with van der Waals surface area (Å²) in [6, 6.07) is 15.2. The van der Waals surface area contributed by atoms with Crippen LogP contribution in [0.3, 0.4) is 0 Å². The second-order valence-corrected chi connectivity index (χ2v) is 5.47. The van der Waals surface area contributed by atoms with Crippen molar-refractivity contribution in [2.75, 3.05) is 0 Å². The smallest absolute Gasteiger partial charge is 0.171 e. The quantitative estimate of drug-likeness (QED) is 0.604. The lowest BCUT2D eigenvalue weighted by molar-refractivity contribution is -0.00618. The van der Waals surface area contributed by atoms with Gasteiger partial charge in [-0.05, 0) is 48.0 Å². The number of phenols is 1. The molecule has 0 aliphatic heterocycles. The van der Waals surface area contributed by atoms with E-state index in [1.165, 1.54) is 12.1 Å². The highest BCUT2D eigenvalue weighted by Gasteiger charge is 2.07. The molecule has 2 heterocycles. The van der Waals surface area contributed by atoms with E-state index in [-0.39, 0.29) is 11.5 Å². The summed E-state index contributed by atoms with van der Waals surface area (Å²) >= 11 is 0. The summed E-state index contributed by atoms with van der Waals surface area (Å²) in [6.45, 7) is 0. The Morgan fingerprint density at radius 3 is 2.20 bits per heavy atom. The van der Waals surface area contributed by atoms with Crippen LogP contribution in [0.15, 0.2) is 67.0 Å². The van der Waals surface area contributed by atoms with E-state index in [4.69, 9.17) is 0 Å². The van der Waals surface area contributed by atoms with Crippen LogP contribution in [0.2, 0.25) is 0 Å². The van der Waals surface area contributed by atoms with Crippen LogP contribution in [0.4, 0.5) is 4.53 Å². The summed E-state index contributed by atoms with van der Waals surface area (Å²) in [5.41, 5.74) is 3.93. The fourth-order valence-electron chi connectivity index (χ4n) is 2.52. The molecule has 0 atom stereocenters. The van der Waals surface area contributed by atoms with E-state index in [0.717, 1.165) is 16.7 Å². The molecule has 5 nitrogen and oxygen atoms in total. The number of benzene rings is 2. The van der Waals surface area contributed by atoms with Gasteiger partial charge in [-0.1, -0.05) is 12.1 Å². The molecule has 0 aliphatic carbocycles. The molecule has 122 valence electrons. The highest BCUT2D eigenvalue weighted by atomic mass is 19.3. The van der Waals surface area contributed by atoms with Gasteiger partial charge in [-0.3, -0.25) is 9.93 Å². The monoisotopic (exact) mass is 333 g/mol. The molecule has 0 saturated heterocycles. The van der Waals surface area contributed by atoms with Crippen LogP contribution in [-0.4, -0.2) is 20.1 Å². The zero-order chi connectivity index (χ0) is 17.2. The Hall–Kier alpha value is -3.54. The van der Waals surface area contributed by atoms with Gasteiger partial charge >= 0.3 is 0 Å². The molecular formula is C19H12FN3O2. The molecule has 0 unspecified atom stereocenters. The van der Waals surface area contributed by atoms with Crippen LogP contribution >= 0.6 is 0 Å². The van der Waals surface area contributed by atoms with Crippen LogP contribution < -0.4 is 4.94 Å². The Labute approximate surface area is 142 Å². The number of halogens is 1. The maximum atomic E-state index is 12.1. The van der Waals surface area contributed by atoms with E-state index >= 15 is 0 Å². The van der Waals surface area contributed by atoms with Crippen molar-refractivity contribution < 1.29 is 14.6 Å². The Kier molecular flexibility index (Phi) is 3.70. The maximum absolute atomic E-state index is 12.1. The van der Waals surface area contributed by atoms with Crippen molar-refractivity contribution in [3.63, 3.8) is 0 Å². The molecule has 25 heavy (non-hydrogen) atoms. The lowest BCUT2D eigenvalue weighted by atomic mass is 10.1. The average Bonchev–Trinajstić information content (AvgIpc) is 2.68. The number of pyridine rings is 1. The van der Waals surface area contributed by atoms with Crippen molar-refractivity contribution in [3.8, 4) is 34.0 Å². The van der Waals surface area contributed by atoms with E-state index in [2.05, 4.69) is 19.9 Å². The van der Waals surface area contributed by atoms with Gasteiger partial charge in [-0.2, -0.15) is 0 Å². The number of hydrogen-bond acceptors (Lipinski definition) is 5. The van der Waals surface area contributed by atoms with Gasteiger partial charge in [-0.25, -0.2) is 9.97 Å². The van der Waals surface area contributed by atoms with Gasteiger partial charge < -0.3 is 5.11 Å². The van der Waals surface area contributed by atoms with Gasteiger partial charge in [0.2, 0.25) is 0 Å². The first-order chi connectivity index (χ1) is 12.2. The number of nitrogens with zero attached hydrogens (tertiary/aromatic N) is 3. The van der Waals surface area contributed by atoms with Crippen molar-refractivity contribution in [2.24, 2.45) is 0 Å². The summed E-state index contributed by atoms with van der Waals surface area (Å²) in [5.74, 6) is 0.853. The highest BCUT2D eigenvalue weighted by molar-refractivity contribution is 5.81.